The highest BCUT2D eigenvalue weighted by Gasteiger charge is 2.27. The Balaban J connectivity index is 0.000000501. The molecule has 27 heavy (non-hydrogen) atoms. The van der Waals surface area contributed by atoms with Gasteiger partial charge in [-0.25, -0.2) is 0 Å². The van der Waals surface area contributed by atoms with Gasteiger partial charge in [0.2, 0.25) is 5.75 Å². The fourth-order valence-corrected chi connectivity index (χ4v) is 3.47. The maximum atomic E-state index is 10.3. The molecule has 0 unspecified atom stereocenters. The molecular formula is C12H16N4O9S2. The van der Waals surface area contributed by atoms with Gasteiger partial charge in [0.05, 0.1) is 9.85 Å². The third-order valence-electron chi connectivity index (χ3n) is 2.59. The number of hydrogen-bond donors (Lipinski definition) is 5. The van der Waals surface area contributed by atoms with Crippen LogP contribution in [0.2, 0.25) is 0 Å². The summed E-state index contributed by atoms with van der Waals surface area (Å²) in [6.45, 7) is 0. The molecule has 150 valence electrons. The predicted octanol–water partition coefficient (Wildman–Crippen LogP) is 0.400. The Hall–Kier alpha value is -2.62. The lowest BCUT2D eigenvalue weighted by atomic mass is 10.2. The average Bonchev–Trinajstić information content (AvgIpc) is 2.57. The SMILES string of the molecule is N[C@@H](CSSC[C@H](N)C(=O)O)C(=O)O.O=[N+]([O-])c1cccc(O)c1[N+](=O)[O-]. The summed E-state index contributed by atoms with van der Waals surface area (Å²) in [5, 5.41) is 46.3. The van der Waals surface area contributed by atoms with Gasteiger partial charge < -0.3 is 26.8 Å². The van der Waals surface area contributed by atoms with Crippen LogP contribution in [-0.2, 0) is 9.59 Å². The molecule has 0 saturated carbocycles. The minimum atomic E-state index is -1.07. The second-order valence-corrected chi connectivity index (χ2v) is 7.17. The lowest BCUT2D eigenvalue weighted by Gasteiger charge is -2.07. The van der Waals surface area contributed by atoms with Crippen LogP contribution >= 0.6 is 21.6 Å². The van der Waals surface area contributed by atoms with E-state index in [-0.39, 0.29) is 11.5 Å². The van der Waals surface area contributed by atoms with Gasteiger partial charge in [0.25, 0.3) is 0 Å². The number of benzene rings is 1. The molecule has 0 aliphatic rings. The normalized spacial score (nSPS) is 12.2. The summed E-state index contributed by atoms with van der Waals surface area (Å²) in [4.78, 5) is 39.2. The van der Waals surface area contributed by atoms with Gasteiger partial charge in [-0.15, -0.1) is 0 Å². The van der Waals surface area contributed by atoms with E-state index >= 15 is 0 Å². The summed E-state index contributed by atoms with van der Waals surface area (Å²) in [6, 6.07) is 1.30. The Labute approximate surface area is 159 Å². The van der Waals surface area contributed by atoms with Crippen LogP contribution in [-0.4, -0.2) is 60.7 Å². The number of phenolic OH excluding ortho intramolecular Hbond substituents is 1. The monoisotopic (exact) mass is 424 g/mol. The Morgan fingerprint density at radius 2 is 1.44 bits per heavy atom. The van der Waals surface area contributed by atoms with Crippen LogP contribution in [0.5, 0.6) is 5.75 Å². The summed E-state index contributed by atoms with van der Waals surface area (Å²) >= 11 is 0. The number of hydrogen-bond acceptors (Lipinski definition) is 11. The highest BCUT2D eigenvalue weighted by molar-refractivity contribution is 8.76. The van der Waals surface area contributed by atoms with Gasteiger partial charge in [-0.05, 0) is 6.07 Å². The zero-order valence-electron chi connectivity index (χ0n) is 13.5. The first-order valence-electron chi connectivity index (χ1n) is 6.81. The number of phenols is 1. The highest BCUT2D eigenvalue weighted by atomic mass is 33.1. The topological polar surface area (TPSA) is 233 Å². The molecule has 2 atom stereocenters. The van der Waals surface area contributed by atoms with Crippen molar-refractivity contribution in [3.05, 3.63) is 38.4 Å². The molecule has 1 rings (SSSR count). The zero-order chi connectivity index (χ0) is 21.1. The summed E-state index contributed by atoms with van der Waals surface area (Å²) in [5.41, 5.74) is 8.82. The summed E-state index contributed by atoms with van der Waals surface area (Å²) in [5.74, 6) is -2.39. The molecule has 15 heteroatoms. The van der Waals surface area contributed by atoms with E-state index < -0.39 is 51.0 Å². The van der Waals surface area contributed by atoms with E-state index in [2.05, 4.69) is 0 Å². The molecule has 0 heterocycles. The molecule has 13 nitrogen and oxygen atoms in total. The highest BCUT2D eigenvalue weighted by Crippen LogP contribution is 2.34. The van der Waals surface area contributed by atoms with Crippen LogP contribution in [0, 0.1) is 20.2 Å². The van der Waals surface area contributed by atoms with E-state index in [1.54, 1.807) is 0 Å². The number of carbonyl (C=O) groups is 2. The van der Waals surface area contributed by atoms with Crippen molar-refractivity contribution in [3.63, 3.8) is 0 Å². The third kappa shape index (κ3) is 9.04. The maximum absolute atomic E-state index is 10.3. The molecule has 1 aromatic carbocycles. The van der Waals surface area contributed by atoms with Crippen LogP contribution in [0.3, 0.4) is 0 Å². The lowest BCUT2D eigenvalue weighted by molar-refractivity contribution is -0.423. The number of nitrogens with zero attached hydrogens (tertiary/aromatic N) is 2. The van der Waals surface area contributed by atoms with Gasteiger partial charge >= 0.3 is 23.3 Å². The van der Waals surface area contributed by atoms with Crippen LogP contribution in [0.25, 0.3) is 0 Å². The van der Waals surface area contributed by atoms with E-state index in [0.29, 0.717) is 0 Å². The standard InChI is InChI=1S/C6H4N2O5.C6H12N2O4S2/c9-5-3-1-2-4(7(10)11)6(5)8(12)13;7-3(5(9)10)1-13-14-2-4(8)6(11)12/h1-3,9H;3-4H,1-2,7-8H2,(H,9,10)(H,11,12)/t;3-,4-/m.0/s1. The van der Waals surface area contributed by atoms with Gasteiger partial charge in [0.1, 0.15) is 12.1 Å². The average molecular weight is 424 g/mol. The van der Waals surface area contributed by atoms with E-state index in [1.165, 1.54) is 27.7 Å². The van der Waals surface area contributed by atoms with Gasteiger partial charge in [0.15, 0.2) is 0 Å². The molecule has 0 amide bonds. The van der Waals surface area contributed by atoms with Crippen LogP contribution < -0.4 is 11.5 Å². The van der Waals surface area contributed by atoms with Gasteiger partial charge in [0, 0.05) is 17.6 Å². The van der Waals surface area contributed by atoms with Crippen molar-refractivity contribution in [2.24, 2.45) is 11.5 Å². The molecule has 0 aliphatic carbocycles. The molecule has 0 spiro atoms. The number of carboxylic acid groups (broad SMARTS) is 2. The predicted molar refractivity (Wildman–Crippen MR) is 97.6 cm³/mol. The Morgan fingerprint density at radius 3 is 1.74 bits per heavy atom. The molecule has 0 fully saturated rings. The Bertz CT molecular complexity index is 681. The Morgan fingerprint density at radius 1 is 1.00 bits per heavy atom. The van der Waals surface area contributed by atoms with Gasteiger partial charge in [-0.1, -0.05) is 27.7 Å². The second kappa shape index (κ2) is 11.9. The van der Waals surface area contributed by atoms with E-state index in [0.717, 1.165) is 12.1 Å². The number of nitro benzene ring substituents is 2. The molecule has 0 radical (unpaired) electrons. The van der Waals surface area contributed by atoms with Crippen molar-refractivity contribution < 1.29 is 34.8 Å². The third-order valence-corrected chi connectivity index (χ3v) is 5.06. The molecule has 0 bridgehead atoms. The number of aliphatic carboxylic acids is 2. The zero-order valence-corrected chi connectivity index (χ0v) is 15.1. The number of rotatable bonds is 9. The molecule has 0 saturated heterocycles. The number of nitro groups is 2. The van der Waals surface area contributed by atoms with Crippen molar-refractivity contribution in [3.8, 4) is 5.75 Å². The maximum Gasteiger partial charge on any atom is 0.387 e. The summed E-state index contributed by atoms with van der Waals surface area (Å²) < 4.78 is 0. The van der Waals surface area contributed by atoms with Crippen molar-refractivity contribution in [1.82, 2.24) is 0 Å². The summed E-state index contributed by atoms with van der Waals surface area (Å²) in [7, 11) is 2.41. The van der Waals surface area contributed by atoms with Gasteiger partial charge in [-0.3, -0.25) is 29.8 Å². The minimum Gasteiger partial charge on any atom is -0.502 e. The first-order chi connectivity index (χ1) is 12.5. The quantitative estimate of drug-likeness (QED) is 0.156. The molecular weight excluding hydrogens is 408 g/mol. The fraction of sp³-hybridized carbons (Fsp3) is 0.333. The number of aromatic hydroxyl groups is 1. The van der Waals surface area contributed by atoms with Gasteiger partial charge in [-0.2, -0.15) is 0 Å². The van der Waals surface area contributed by atoms with Crippen molar-refractivity contribution >= 4 is 44.9 Å². The molecule has 0 aromatic heterocycles. The lowest BCUT2D eigenvalue weighted by Crippen LogP contribution is -2.33. The van der Waals surface area contributed by atoms with Crippen LogP contribution in [0.15, 0.2) is 18.2 Å². The summed E-state index contributed by atoms with van der Waals surface area (Å²) in [6.07, 6.45) is 0. The molecule has 7 N–H and O–H groups in total. The Kier molecular flexibility index (Phi) is 10.7. The van der Waals surface area contributed by atoms with Crippen molar-refractivity contribution in [2.45, 2.75) is 12.1 Å². The van der Waals surface area contributed by atoms with E-state index in [9.17, 15) is 29.8 Å². The molecule has 0 aliphatic heterocycles. The number of nitrogens with two attached hydrogens (primary N) is 2. The first kappa shape index (κ1) is 24.4. The van der Waals surface area contributed by atoms with Crippen molar-refractivity contribution in [1.29, 1.82) is 0 Å². The van der Waals surface area contributed by atoms with Crippen molar-refractivity contribution in [2.75, 3.05) is 11.5 Å². The minimum absolute atomic E-state index is 0.229. The smallest absolute Gasteiger partial charge is 0.387 e. The van der Waals surface area contributed by atoms with E-state index in [1.807, 2.05) is 0 Å². The molecule has 1 aromatic rings. The first-order valence-corrected chi connectivity index (χ1v) is 9.29. The fourth-order valence-electron chi connectivity index (χ4n) is 1.24. The number of carboxylic acids is 2. The number of para-hydroxylation sites is 1. The van der Waals surface area contributed by atoms with Crippen LogP contribution in [0.4, 0.5) is 11.4 Å². The van der Waals surface area contributed by atoms with E-state index in [4.69, 9.17) is 26.8 Å². The largest absolute Gasteiger partial charge is 0.502 e. The van der Waals surface area contributed by atoms with Crippen LogP contribution in [0.1, 0.15) is 0 Å². The second-order valence-electron chi connectivity index (χ2n) is 4.62.